The van der Waals surface area contributed by atoms with Gasteiger partial charge in [-0.15, -0.1) is 0 Å². The van der Waals surface area contributed by atoms with Gasteiger partial charge in [0, 0.05) is 16.7 Å². The Labute approximate surface area is 125 Å². The second-order valence-electron chi connectivity index (χ2n) is 5.77. The van der Waals surface area contributed by atoms with Crippen molar-refractivity contribution in [3.8, 4) is 5.69 Å². The number of nitrogens with zero attached hydrogens (tertiary/aromatic N) is 2. The van der Waals surface area contributed by atoms with Crippen molar-refractivity contribution in [3.05, 3.63) is 48.3 Å². The summed E-state index contributed by atoms with van der Waals surface area (Å²) < 4.78 is 2.29. The standard InChI is InChI=1S/C16H23N3S/c1-16(2,3)20-12-14(17-4)15-10-11-18-19(15)13-8-6-5-7-9-13/h5-11,14,17H,12H2,1-4H3. The Morgan fingerprint density at radius 1 is 1.20 bits per heavy atom. The molecule has 0 saturated heterocycles. The first-order chi connectivity index (χ1) is 9.51. The summed E-state index contributed by atoms with van der Waals surface area (Å²) in [5, 5.41) is 7.87. The van der Waals surface area contributed by atoms with Crippen LogP contribution < -0.4 is 5.32 Å². The maximum absolute atomic E-state index is 4.47. The quantitative estimate of drug-likeness (QED) is 0.911. The van der Waals surface area contributed by atoms with Gasteiger partial charge in [0.15, 0.2) is 0 Å². The van der Waals surface area contributed by atoms with Gasteiger partial charge in [0.25, 0.3) is 0 Å². The molecule has 0 bridgehead atoms. The van der Waals surface area contributed by atoms with E-state index in [1.54, 1.807) is 0 Å². The molecule has 20 heavy (non-hydrogen) atoms. The highest BCUT2D eigenvalue weighted by Gasteiger charge is 2.19. The third-order valence-electron chi connectivity index (χ3n) is 3.06. The van der Waals surface area contributed by atoms with Crippen LogP contribution in [-0.4, -0.2) is 27.3 Å². The van der Waals surface area contributed by atoms with Crippen LogP contribution in [0.3, 0.4) is 0 Å². The van der Waals surface area contributed by atoms with Gasteiger partial charge in [-0.1, -0.05) is 39.0 Å². The predicted octanol–water partition coefficient (Wildman–Crippen LogP) is 3.66. The largest absolute Gasteiger partial charge is 0.311 e. The molecule has 3 nitrogen and oxygen atoms in total. The summed E-state index contributed by atoms with van der Waals surface area (Å²) >= 11 is 1.96. The van der Waals surface area contributed by atoms with Crippen LogP contribution in [0.25, 0.3) is 5.69 Å². The fourth-order valence-corrected chi connectivity index (χ4v) is 3.02. The van der Waals surface area contributed by atoms with Crippen molar-refractivity contribution in [1.82, 2.24) is 15.1 Å². The van der Waals surface area contributed by atoms with Gasteiger partial charge in [-0.3, -0.25) is 0 Å². The molecule has 0 aliphatic heterocycles. The molecule has 1 aromatic carbocycles. The fourth-order valence-electron chi connectivity index (χ4n) is 2.01. The third kappa shape index (κ3) is 3.87. The Kier molecular flexibility index (Phi) is 4.89. The van der Waals surface area contributed by atoms with Gasteiger partial charge < -0.3 is 5.32 Å². The maximum atomic E-state index is 4.47. The topological polar surface area (TPSA) is 29.9 Å². The number of benzene rings is 1. The van der Waals surface area contributed by atoms with Crippen molar-refractivity contribution >= 4 is 11.8 Å². The summed E-state index contributed by atoms with van der Waals surface area (Å²) in [4.78, 5) is 0. The first-order valence-corrected chi connectivity index (χ1v) is 7.90. The molecule has 1 atom stereocenters. The number of rotatable bonds is 5. The van der Waals surface area contributed by atoms with Gasteiger partial charge in [0.1, 0.15) is 0 Å². The van der Waals surface area contributed by atoms with E-state index >= 15 is 0 Å². The molecular formula is C16H23N3S. The van der Waals surface area contributed by atoms with Crippen LogP contribution in [-0.2, 0) is 0 Å². The van der Waals surface area contributed by atoms with Gasteiger partial charge in [0.2, 0.25) is 0 Å². The summed E-state index contributed by atoms with van der Waals surface area (Å²) in [6.07, 6.45) is 1.87. The van der Waals surface area contributed by atoms with Crippen LogP contribution in [0.4, 0.5) is 0 Å². The summed E-state index contributed by atoms with van der Waals surface area (Å²) in [5.41, 5.74) is 2.31. The van der Waals surface area contributed by atoms with Gasteiger partial charge >= 0.3 is 0 Å². The van der Waals surface area contributed by atoms with Gasteiger partial charge in [0.05, 0.1) is 17.4 Å². The van der Waals surface area contributed by atoms with Crippen molar-refractivity contribution in [2.45, 2.75) is 31.6 Å². The summed E-state index contributed by atoms with van der Waals surface area (Å²) in [6.45, 7) is 6.75. The number of hydrogen-bond acceptors (Lipinski definition) is 3. The zero-order valence-corrected chi connectivity index (χ0v) is 13.4. The Hall–Kier alpha value is -1.26. The van der Waals surface area contributed by atoms with E-state index in [0.717, 1.165) is 11.4 Å². The third-order valence-corrected chi connectivity index (χ3v) is 4.43. The molecule has 108 valence electrons. The van der Waals surface area contributed by atoms with E-state index in [1.807, 2.05) is 47.9 Å². The molecule has 1 N–H and O–H groups in total. The van der Waals surface area contributed by atoms with E-state index in [9.17, 15) is 0 Å². The lowest BCUT2D eigenvalue weighted by molar-refractivity contribution is 0.610. The summed E-state index contributed by atoms with van der Waals surface area (Å²) in [5.74, 6) is 1.03. The fraction of sp³-hybridized carbons (Fsp3) is 0.438. The Morgan fingerprint density at radius 2 is 1.90 bits per heavy atom. The molecule has 1 heterocycles. The van der Waals surface area contributed by atoms with E-state index in [1.165, 1.54) is 5.69 Å². The zero-order valence-electron chi connectivity index (χ0n) is 12.6. The molecule has 1 aromatic heterocycles. The van der Waals surface area contributed by atoms with E-state index < -0.39 is 0 Å². The van der Waals surface area contributed by atoms with Crippen molar-refractivity contribution < 1.29 is 0 Å². The predicted molar refractivity (Wildman–Crippen MR) is 87.6 cm³/mol. The first kappa shape index (κ1) is 15.1. The smallest absolute Gasteiger partial charge is 0.0649 e. The average molecular weight is 289 g/mol. The minimum absolute atomic E-state index is 0.271. The molecule has 2 aromatic rings. The average Bonchev–Trinajstić information content (AvgIpc) is 2.88. The van der Waals surface area contributed by atoms with E-state index in [2.05, 4.69) is 49.4 Å². The molecule has 0 radical (unpaired) electrons. The molecule has 1 unspecified atom stereocenters. The summed E-state index contributed by atoms with van der Waals surface area (Å²) in [6, 6.07) is 12.7. The Bertz CT molecular complexity index is 528. The second-order valence-corrected chi connectivity index (χ2v) is 7.61. The van der Waals surface area contributed by atoms with E-state index in [4.69, 9.17) is 0 Å². The van der Waals surface area contributed by atoms with Crippen LogP contribution >= 0.6 is 11.8 Å². The van der Waals surface area contributed by atoms with Gasteiger partial charge in [-0.25, -0.2) is 4.68 Å². The van der Waals surface area contributed by atoms with Crippen LogP contribution in [0, 0.1) is 0 Å². The van der Waals surface area contributed by atoms with Gasteiger partial charge in [-0.2, -0.15) is 16.9 Å². The minimum Gasteiger partial charge on any atom is -0.311 e. The molecule has 4 heteroatoms. The van der Waals surface area contributed by atoms with Crippen molar-refractivity contribution in [2.24, 2.45) is 0 Å². The SMILES string of the molecule is CNC(CSC(C)(C)C)c1ccnn1-c1ccccc1. The van der Waals surface area contributed by atoms with Gasteiger partial charge in [-0.05, 0) is 25.2 Å². The highest BCUT2D eigenvalue weighted by molar-refractivity contribution is 8.00. The second kappa shape index (κ2) is 6.46. The van der Waals surface area contributed by atoms with E-state index in [-0.39, 0.29) is 4.75 Å². The number of thioether (sulfide) groups is 1. The Morgan fingerprint density at radius 3 is 2.50 bits per heavy atom. The molecular weight excluding hydrogens is 266 g/mol. The molecule has 0 fully saturated rings. The molecule has 0 aliphatic carbocycles. The lowest BCUT2D eigenvalue weighted by atomic mass is 10.2. The summed E-state index contributed by atoms with van der Waals surface area (Å²) in [7, 11) is 2.01. The molecule has 0 amide bonds. The first-order valence-electron chi connectivity index (χ1n) is 6.92. The van der Waals surface area contributed by atoms with E-state index in [0.29, 0.717) is 6.04 Å². The molecule has 0 aliphatic rings. The number of hydrogen-bond donors (Lipinski definition) is 1. The van der Waals surface area contributed by atoms with Crippen molar-refractivity contribution in [2.75, 3.05) is 12.8 Å². The molecule has 0 spiro atoms. The lowest BCUT2D eigenvalue weighted by Gasteiger charge is -2.23. The van der Waals surface area contributed by atoms with Crippen LogP contribution in [0.15, 0.2) is 42.6 Å². The van der Waals surface area contributed by atoms with Crippen LogP contribution in [0.5, 0.6) is 0 Å². The number of aromatic nitrogens is 2. The zero-order chi connectivity index (χ0) is 14.6. The highest BCUT2D eigenvalue weighted by atomic mass is 32.2. The lowest BCUT2D eigenvalue weighted by Crippen LogP contribution is -2.24. The van der Waals surface area contributed by atoms with Crippen LogP contribution in [0.2, 0.25) is 0 Å². The minimum atomic E-state index is 0.271. The number of para-hydroxylation sites is 1. The monoisotopic (exact) mass is 289 g/mol. The van der Waals surface area contributed by atoms with Crippen molar-refractivity contribution in [3.63, 3.8) is 0 Å². The highest BCUT2D eigenvalue weighted by Crippen LogP contribution is 2.28. The maximum Gasteiger partial charge on any atom is 0.0649 e. The Balaban J connectivity index is 2.21. The van der Waals surface area contributed by atoms with Crippen molar-refractivity contribution in [1.29, 1.82) is 0 Å². The number of nitrogens with one attached hydrogen (secondary N) is 1. The molecule has 0 saturated carbocycles. The molecule has 2 rings (SSSR count). The van der Waals surface area contributed by atoms with Crippen LogP contribution in [0.1, 0.15) is 32.5 Å². The normalized spacial score (nSPS) is 13.4.